The van der Waals surface area contributed by atoms with E-state index in [4.69, 9.17) is 14.2 Å². The maximum atomic E-state index is 11.9. The molecule has 3 heterocycles. The molecular formula is C21H20N6O5. The Bertz CT molecular complexity index is 1300. The van der Waals surface area contributed by atoms with Crippen LogP contribution >= 0.6 is 0 Å². The number of imidazole rings is 1. The van der Waals surface area contributed by atoms with E-state index < -0.39 is 11.9 Å². The monoisotopic (exact) mass is 436 g/mol. The largest absolute Gasteiger partial charge is 0.479 e. The molecule has 164 valence electrons. The Balaban J connectivity index is 1.68. The summed E-state index contributed by atoms with van der Waals surface area (Å²) in [5.74, 6) is -0.401. The molecule has 4 rings (SSSR count). The number of aromatic nitrogens is 6. The maximum absolute atomic E-state index is 11.9. The van der Waals surface area contributed by atoms with Crippen molar-refractivity contribution in [3.05, 3.63) is 59.7 Å². The Labute approximate surface area is 182 Å². The number of fused-ring (bicyclic) bond motifs is 1. The van der Waals surface area contributed by atoms with Gasteiger partial charge in [-0.25, -0.2) is 19.3 Å². The van der Waals surface area contributed by atoms with Gasteiger partial charge in [0.1, 0.15) is 0 Å². The first-order chi connectivity index (χ1) is 15.5. The maximum Gasteiger partial charge on any atom is 0.341 e. The molecule has 0 atom stereocenters. The van der Waals surface area contributed by atoms with Crippen LogP contribution in [0.2, 0.25) is 0 Å². The summed E-state index contributed by atoms with van der Waals surface area (Å²) >= 11 is 0. The highest BCUT2D eigenvalue weighted by Gasteiger charge is 2.18. The smallest absolute Gasteiger partial charge is 0.341 e. The van der Waals surface area contributed by atoms with Gasteiger partial charge >= 0.3 is 11.9 Å². The number of hydrogen-bond acceptors (Lipinski definition) is 9. The molecule has 0 aliphatic rings. The van der Waals surface area contributed by atoms with Crippen molar-refractivity contribution in [1.82, 2.24) is 29.3 Å². The van der Waals surface area contributed by atoms with Gasteiger partial charge in [-0.1, -0.05) is 12.1 Å². The Morgan fingerprint density at radius 1 is 1.09 bits per heavy atom. The average molecular weight is 436 g/mol. The lowest BCUT2D eigenvalue weighted by Gasteiger charge is -2.09. The molecule has 0 amide bonds. The van der Waals surface area contributed by atoms with E-state index in [-0.39, 0.29) is 18.1 Å². The van der Waals surface area contributed by atoms with Crippen LogP contribution in [0.1, 0.15) is 33.2 Å². The molecule has 0 N–H and O–H groups in total. The summed E-state index contributed by atoms with van der Waals surface area (Å²) in [5, 5.41) is 4.14. The lowest BCUT2D eigenvalue weighted by molar-refractivity contribution is 0.0525. The third kappa shape index (κ3) is 4.00. The number of hydrogen-bond donors (Lipinski definition) is 0. The Morgan fingerprint density at radius 2 is 1.94 bits per heavy atom. The second-order valence-corrected chi connectivity index (χ2v) is 6.66. The van der Waals surface area contributed by atoms with Gasteiger partial charge in [0.25, 0.3) is 5.95 Å². The number of benzene rings is 1. The molecule has 0 radical (unpaired) electrons. The number of rotatable bonds is 7. The summed E-state index contributed by atoms with van der Waals surface area (Å²) in [6.45, 7) is 2.40. The molecule has 4 aromatic rings. The third-order valence-electron chi connectivity index (χ3n) is 4.62. The van der Waals surface area contributed by atoms with Crippen LogP contribution in [-0.4, -0.2) is 62.1 Å². The van der Waals surface area contributed by atoms with Gasteiger partial charge in [0.2, 0.25) is 5.88 Å². The van der Waals surface area contributed by atoms with Crippen molar-refractivity contribution in [3.8, 4) is 11.8 Å². The average Bonchev–Trinajstić information content (AvgIpc) is 3.46. The molecular weight excluding hydrogens is 416 g/mol. The molecule has 0 fully saturated rings. The first-order valence-corrected chi connectivity index (χ1v) is 9.70. The highest BCUT2D eigenvalue weighted by Crippen LogP contribution is 2.24. The third-order valence-corrected chi connectivity index (χ3v) is 4.62. The minimum atomic E-state index is -0.481. The van der Waals surface area contributed by atoms with Crippen LogP contribution in [0.5, 0.6) is 5.88 Å². The van der Waals surface area contributed by atoms with E-state index in [0.29, 0.717) is 29.2 Å². The zero-order chi connectivity index (χ0) is 22.7. The first kappa shape index (κ1) is 21.0. The fourth-order valence-corrected chi connectivity index (χ4v) is 3.16. The van der Waals surface area contributed by atoms with Crippen LogP contribution < -0.4 is 4.74 Å². The van der Waals surface area contributed by atoms with Crippen LogP contribution in [0.3, 0.4) is 0 Å². The summed E-state index contributed by atoms with van der Waals surface area (Å²) < 4.78 is 18.4. The van der Waals surface area contributed by atoms with Gasteiger partial charge in [-0.3, -0.25) is 0 Å². The number of carbonyl (C=O) groups excluding carboxylic acids is 2. The quantitative estimate of drug-likeness (QED) is 0.400. The van der Waals surface area contributed by atoms with Crippen molar-refractivity contribution in [2.24, 2.45) is 0 Å². The zero-order valence-electron chi connectivity index (χ0n) is 17.7. The molecule has 0 aliphatic carbocycles. The molecule has 11 nitrogen and oxygen atoms in total. The molecule has 0 unspecified atom stereocenters. The van der Waals surface area contributed by atoms with Crippen molar-refractivity contribution in [2.45, 2.75) is 13.5 Å². The predicted molar refractivity (Wildman–Crippen MR) is 112 cm³/mol. The summed E-state index contributed by atoms with van der Waals surface area (Å²) in [7, 11) is 2.83. The van der Waals surface area contributed by atoms with Crippen molar-refractivity contribution >= 4 is 23.1 Å². The molecule has 11 heteroatoms. The van der Waals surface area contributed by atoms with E-state index in [2.05, 4.69) is 20.1 Å². The fraction of sp³-hybridized carbons (Fsp3) is 0.238. The van der Waals surface area contributed by atoms with Gasteiger partial charge in [-0.15, -0.1) is 0 Å². The van der Waals surface area contributed by atoms with Crippen LogP contribution in [0.4, 0.5) is 0 Å². The highest BCUT2D eigenvalue weighted by atomic mass is 16.5. The second kappa shape index (κ2) is 8.84. The molecule has 0 saturated heterocycles. The molecule has 0 aliphatic heterocycles. The normalized spacial score (nSPS) is 10.8. The zero-order valence-corrected chi connectivity index (χ0v) is 17.7. The van der Waals surface area contributed by atoms with E-state index in [1.165, 1.54) is 31.3 Å². The molecule has 0 spiro atoms. The lowest BCUT2D eigenvalue weighted by atomic mass is 10.1. The van der Waals surface area contributed by atoms with E-state index >= 15 is 0 Å². The minimum absolute atomic E-state index is 0.197. The molecule has 3 aromatic heterocycles. The van der Waals surface area contributed by atoms with Crippen LogP contribution in [0.15, 0.2) is 43.0 Å². The number of ether oxygens (including phenoxy) is 3. The molecule has 0 bridgehead atoms. The minimum Gasteiger partial charge on any atom is -0.479 e. The molecule has 1 aromatic carbocycles. The summed E-state index contributed by atoms with van der Waals surface area (Å²) in [5.41, 5.74) is 2.58. The number of carbonyl (C=O) groups is 2. The van der Waals surface area contributed by atoms with E-state index in [1.807, 2.05) is 10.6 Å². The van der Waals surface area contributed by atoms with Crippen molar-refractivity contribution in [1.29, 1.82) is 0 Å². The highest BCUT2D eigenvalue weighted by molar-refractivity contribution is 5.89. The number of nitrogens with zero attached hydrogens (tertiary/aromatic N) is 6. The Hall–Kier alpha value is -4.28. The predicted octanol–water partition coefficient (Wildman–Crippen LogP) is 2.03. The van der Waals surface area contributed by atoms with Gasteiger partial charge in [0.15, 0.2) is 11.2 Å². The Kier molecular flexibility index (Phi) is 5.79. The summed E-state index contributed by atoms with van der Waals surface area (Å²) in [6, 6.07) is 7.11. The molecule has 32 heavy (non-hydrogen) atoms. The van der Waals surface area contributed by atoms with Gasteiger partial charge < -0.3 is 18.8 Å². The fourth-order valence-electron chi connectivity index (χ4n) is 3.16. The van der Waals surface area contributed by atoms with Crippen molar-refractivity contribution < 1.29 is 23.8 Å². The second-order valence-electron chi connectivity index (χ2n) is 6.66. The van der Waals surface area contributed by atoms with Crippen molar-refractivity contribution in [3.63, 3.8) is 0 Å². The standard InChI is InChI=1S/C21H20N6O5/c1-4-32-20(29)15-9-23-27(11-15)21-24-17-16(18(25-21)30-2)26(12-22-17)10-13-6-5-7-14(8-13)19(28)31-3/h5-9,11-12H,4,10H2,1-3H3. The lowest BCUT2D eigenvalue weighted by Crippen LogP contribution is -2.07. The molecule has 0 saturated carbocycles. The Morgan fingerprint density at radius 3 is 2.69 bits per heavy atom. The van der Waals surface area contributed by atoms with Gasteiger partial charge in [0, 0.05) is 12.7 Å². The van der Waals surface area contributed by atoms with E-state index in [1.54, 1.807) is 31.5 Å². The van der Waals surface area contributed by atoms with Gasteiger partial charge in [0.05, 0.1) is 44.5 Å². The van der Waals surface area contributed by atoms with E-state index in [0.717, 1.165) is 5.56 Å². The SMILES string of the molecule is CCOC(=O)c1cnn(-c2nc(OC)c3c(ncn3Cc3cccc(C(=O)OC)c3)n2)c1. The number of methoxy groups -OCH3 is 2. The van der Waals surface area contributed by atoms with Gasteiger partial charge in [-0.2, -0.15) is 15.1 Å². The topological polar surface area (TPSA) is 123 Å². The van der Waals surface area contributed by atoms with Crippen LogP contribution in [0, 0.1) is 0 Å². The van der Waals surface area contributed by atoms with Crippen molar-refractivity contribution in [2.75, 3.05) is 20.8 Å². The van der Waals surface area contributed by atoms with Crippen LogP contribution in [-0.2, 0) is 16.0 Å². The summed E-state index contributed by atoms with van der Waals surface area (Å²) in [4.78, 5) is 36.9. The summed E-state index contributed by atoms with van der Waals surface area (Å²) in [6.07, 6.45) is 4.47. The first-order valence-electron chi connectivity index (χ1n) is 9.70. The van der Waals surface area contributed by atoms with Crippen LogP contribution in [0.25, 0.3) is 17.1 Å². The van der Waals surface area contributed by atoms with Gasteiger partial charge in [-0.05, 0) is 24.6 Å². The number of esters is 2. The van der Waals surface area contributed by atoms with E-state index in [9.17, 15) is 9.59 Å².